The van der Waals surface area contributed by atoms with Crippen molar-refractivity contribution in [3.8, 4) is 0 Å². The van der Waals surface area contributed by atoms with Crippen LogP contribution in [0.2, 0.25) is 0 Å². The lowest BCUT2D eigenvalue weighted by Crippen LogP contribution is -2.58. The lowest BCUT2D eigenvalue weighted by atomic mass is 9.86. The second-order valence-corrected chi connectivity index (χ2v) is 6.16. The zero-order chi connectivity index (χ0) is 13.4. The van der Waals surface area contributed by atoms with E-state index in [1.807, 2.05) is 13.8 Å². The van der Waals surface area contributed by atoms with Crippen molar-refractivity contribution >= 4 is 11.9 Å². The fourth-order valence-corrected chi connectivity index (χ4v) is 3.16. The average Bonchev–Trinajstić information content (AvgIpc) is 2.41. The van der Waals surface area contributed by atoms with Gasteiger partial charge in [-0.15, -0.1) is 0 Å². The molecule has 0 bridgehead atoms. The summed E-state index contributed by atoms with van der Waals surface area (Å²) in [5.41, 5.74) is -1.02. The number of carbonyl (C=O) groups is 2. The molecule has 0 heterocycles. The first kappa shape index (κ1) is 14.0. The van der Waals surface area contributed by atoms with E-state index in [0.717, 1.165) is 6.42 Å². The van der Waals surface area contributed by atoms with E-state index in [1.54, 1.807) is 4.90 Å². The monoisotopic (exact) mass is 241 g/mol. The highest BCUT2D eigenvalue weighted by Crippen LogP contribution is 2.47. The van der Waals surface area contributed by atoms with Gasteiger partial charge in [-0.05, 0) is 38.5 Å². The molecule has 1 N–H and O–H groups in total. The number of nitrogens with zero attached hydrogens (tertiary/aromatic N) is 1. The third-order valence-corrected chi connectivity index (χ3v) is 3.70. The van der Waals surface area contributed by atoms with E-state index in [4.69, 9.17) is 0 Å². The number of carboxylic acid groups (broad SMARTS) is 1. The summed E-state index contributed by atoms with van der Waals surface area (Å²) in [6, 6.07) is -0.0856. The molecule has 0 aromatic heterocycles. The smallest absolute Gasteiger partial charge is 0.329 e. The molecule has 1 fully saturated rings. The second kappa shape index (κ2) is 4.31. The molecule has 1 aliphatic rings. The highest BCUT2D eigenvalue weighted by molar-refractivity contribution is 5.86. The Morgan fingerprint density at radius 1 is 1.24 bits per heavy atom. The molecule has 0 aromatic carbocycles. The van der Waals surface area contributed by atoms with Crippen molar-refractivity contribution in [3.05, 3.63) is 0 Å². The lowest BCUT2D eigenvalue weighted by molar-refractivity contribution is -0.161. The molecule has 1 rings (SSSR count). The Labute approximate surface area is 103 Å². The van der Waals surface area contributed by atoms with Crippen LogP contribution in [0.4, 0.5) is 0 Å². The summed E-state index contributed by atoms with van der Waals surface area (Å²) in [6.45, 7) is 9.33. The third-order valence-electron chi connectivity index (χ3n) is 3.70. The summed E-state index contributed by atoms with van der Waals surface area (Å²) in [5.74, 6) is -1.02. The maximum Gasteiger partial charge on any atom is 0.329 e. The van der Waals surface area contributed by atoms with E-state index in [-0.39, 0.29) is 17.4 Å². The van der Waals surface area contributed by atoms with Crippen molar-refractivity contribution in [2.24, 2.45) is 5.41 Å². The standard InChI is InChI=1S/C13H23NO3/c1-9(2)14(10(3)15)13(11(16)17)7-6-12(4,5)8-13/h9H,6-8H2,1-5H3,(H,16,17). The Morgan fingerprint density at radius 2 is 1.76 bits per heavy atom. The Kier molecular flexibility index (Phi) is 3.55. The van der Waals surface area contributed by atoms with Gasteiger partial charge in [-0.2, -0.15) is 0 Å². The van der Waals surface area contributed by atoms with Crippen LogP contribution in [0.1, 0.15) is 53.9 Å². The Morgan fingerprint density at radius 3 is 2.00 bits per heavy atom. The molecule has 1 aliphatic carbocycles. The van der Waals surface area contributed by atoms with Crippen LogP contribution >= 0.6 is 0 Å². The molecule has 1 amide bonds. The van der Waals surface area contributed by atoms with E-state index in [1.165, 1.54) is 6.92 Å². The summed E-state index contributed by atoms with van der Waals surface area (Å²) in [4.78, 5) is 25.0. The first-order valence-electron chi connectivity index (χ1n) is 6.16. The second-order valence-electron chi connectivity index (χ2n) is 6.16. The highest BCUT2D eigenvalue weighted by Gasteiger charge is 2.54. The number of hydrogen-bond donors (Lipinski definition) is 1. The number of aliphatic carboxylic acids is 1. The van der Waals surface area contributed by atoms with Crippen molar-refractivity contribution < 1.29 is 14.7 Å². The minimum Gasteiger partial charge on any atom is -0.479 e. The molecular formula is C13H23NO3. The molecule has 1 atom stereocenters. The largest absolute Gasteiger partial charge is 0.479 e. The summed E-state index contributed by atoms with van der Waals surface area (Å²) < 4.78 is 0. The van der Waals surface area contributed by atoms with Crippen molar-refractivity contribution in [2.45, 2.75) is 65.5 Å². The van der Waals surface area contributed by atoms with E-state index in [0.29, 0.717) is 12.8 Å². The van der Waals surface area contributed by atoms with Crippen molar-refractivity contribution in [2.75, 3.05) is 0 Å². The minimum atomic E-state index is -1.01. The zero-order valence-electron chi connectivity index (χ0n) is 11.4. The maximum atomic E-state index is 11.8. The molecule has 17 heavy (non-hydrogen) atoms. The van der Waals surface area contributed by atoms with Gasteiger partial charge in [0.1, 0.15) is 5.54 Å². The van der Waals surface area contributed by atoms with Gasteiger partial charge in [0.15, 0.2) is 0 Å². The Hall–Kier alpha value is -1.06. The number of carboxylic acids is 1. The van der Waals surface area contributed by atoms with Crippen LogP contribution in [0, 0.1) is 5.41 Å². The first-order chi connectivity index (χ1) is 7.62. The molecule has 1 unspecified atom stereocenters. The Bertz CT molecular complexity index is 336. The van der Waals surface area contributed by atoms with Crippen LogP contribution in [-0.4, -0.2) is 33.5 Å². The molecule has 0 spiro atoms. The van der Waals surface area contributed by atoms with Crippen LogP contribution < -0.4 is 0 Å². The van der Waals surface area contributed by atoms with Gasteiger partial charge in [-0.25, -0.2) is 4.79 Å². The molecule has 0 aliphatic heterocycles. The molecule has 0 radical (unpaired) electrons. The lowest BCUT2D eigenvalue weighted by Gasteiger charge is -2.41. The fourth-order valence-electron chi connectivity index (χ4n) is 3.16. The van der Waals surface area contributed by atoms with Gasteiger partial charge in [-0.3, -0.25) is 4.79 Å². The number of rotatable bonds is 3. The summed E-state index contributed by atoms with van der Waals surface area (Å²) in [6.07, 6.45) is 1.93. The maximum absolute atomic E-state index is 11.8. The third kappa shape index (κ3) is 2.45. The van der Waals surface area contributed by atoms with Gasteiger partial charge in [0, 0.05) is 13.0 Å². The zero-order valence-corrected chi connectivity index (χ0v) is 11.4. The van der Waals surface area contributed by atoms with Crippen LogP contribution in [0.15, 0.2) is 0 Å². The highest BCUT2D eigenvalue weighted by atomic mass is 16.4. The van der Waals surface area contributed by atoms with E-state index < -0.39 is 11.5 Å². The fraction of sp³-hybridized carbons (Fsp3) is 0.846. The predicted molar refractivity (Wildman–Crippen MR) is 65.7 cm³/mol. The van der Waals surface area contributed by atoms with Crippen LogP contribution in [-0.2, 0) is 9.59 Å². The van der Waals surface area contributed by atoms with Crippen LogP contribution in [0.25, 0.3) is 0 Å². The SMILES string of the molecule is CC(=O)N(C(C)C)C1(C(=O)O)CCC(C)(C)C1. The van der Waals surface area contributed by atoms with Gasteiger partial charge in [0.05, 0.1) is 0 Å². The molecule has 4 nitrogen and oxygen atoms in total. The quantitative estimate of drug-likeness (QED) is 0.824. The average molecular weight is 241 g/mol. The summed E-state index contributed by atoms with van der Waals surface area (Å²) in [7, 11) is 0. The van der Waals surface area contributed by atoms with E-state index in [9.17, 15) is 14.7 Å². The normalized spacial score (nSPS) is 27.2. The van der Waals surface area contributed by atoms with Crippen molar-refractivity contribution in [1.29, 1.82) is 0 Å². The molecule has 0 aromatic rings. The van der Waals surface area contributed by atoms with E-state index >= 15 is 0 Å². The number of hydrogen-bond acceptors (Lipinski definition) is 2. The topological polar surface area (TPSA) is 57.6 Å². The van der Waals surface area contributed by atoms with Crippen molar-refractivity contribution in [1.82, 2.24) is 4.90 Å². The molecular weight excluding hydrogens is 218 g/mol. The van der Waals surface area contributed by atoms with Gasteiger partial charge < -0.3 is 10.0 Å². The first-order valence-corrected chi connectivity index (χ1v) is 6.16. The van der Waals surface area contributed by atoms with Gasteiger partial charge >= 0.3 is 5.97 Å². The summed E-state index contributed by atoms with van der Waals surface area (Å²) in [5, 5.41) is 9.57. The number of amides is 1. The molecule has 4 heteroatoms. The van der Waals surface area contributed by atoms with Crippen molar-refractivity contribution in [3.63, 3.8) is 0 Å². The summed E-state index contributed by atoms with van der Waals surface area (Å²) >= 11 is 0. The van der Waals surface area contributed by atoms with Crippen LogP contribution in [0.3, 0.4) is 0 Å². The van der Waals surface area contributed by atoms with Gasteiger partial charge in [0.2, 0.25) is 5.91 Å². The van der Waals surface area contributed by atoms with Gasteiger partial charge in [-0.1, -0.05) is 13.8 Å². The molecule has 0 saturated heterocycles. The van der Waals surface area contributed by atoms with Crippen LogP contribution in [0.5, 0.6) is 0 Å². The van der Waals surface area contributed by atoms with E-state index in [2.05, 4.69) is 13.8 Å². The predicted octanol–water partition coefficient (Wildman–Crippen LogP) is 2.28. The minimum absolute atomic E-state index is 0.0129. The molecule has 1 saturated carbocycles. The Balaban J connectivity index is 3.17. The molecule has 98 valence electrons. The van der Waals surface area contributed by atoms with Gasteiger partial charge in [0.25, 0.3) is 0 Å². The number of carbonyl (C=O) groups excluding carboxylic acids is 1.